The van der Waals surface area contributed by atoms with Crippen LogP contribution in [0.25, 0.3) is 5.69 Å². The summed E-state index contributed by atoms with van der Waals surface area (Å²) in [5, 5.41) is 12.1. The van der Waals surface area contributed by atoms with Crippen LogP contribution in [-0.4, -0.2) is 52.3 Å². The van der Waals surface area contributed by atoms with Crippen LogP contribution in [0.4, 0.5) is 10.1 Å². The molecule has 25 heavy (non-hydrogen) atoms. The number of aliphatic hydroxyl groups excluding tert-OH is 1. The Kier molecular flexibility index (Phi) is 4.93. The van der Waals surface area contributed by atoms with Gasteiger partial charge in [-0.1, -0.05) is 6.07 Å². The maximum Gasteiger partial charge on any atom is 0.255 e. The third kappa shape index (κ3) is 3.93. The number of benzene rings is 1. The molecule has 1 saturated heterocycles. The quantitative estimate of drug-likeness (QED) is 0.719. The first-order valence-corrected chi connectivity index (χ1v) is 7.87. The zero-order valence-electron chi connectivity index (χ0n) is 13.4. The monoisotopic (exact) mass is 346 g/mol. The average molecular weight is 346 g/mol. The van der Waals surface area contributed by atoms with Gasteiger partial charge in [0.05, 0.1) is 24.0 Å². The summed E-state index contributed by atoms with van der Waals surface area (Å²) in [6.45, 7) is 0.740. The van der Waals surface area contributed by atoms with Crippen molar-refractivity contribution in [3.8, 4) is 5.69 Å². The Morgan fingerprint density at radius 2 is 2.12 bits per heavy atom. The number of nitrogens with one attached hydrogen (secondary N) is 1. The number of aliphatic hydroxyl groups is 1. The van der Waals surface area contributed by atoms with Crippen LogP contribution in [0.15, 0.2) is 47.4 Å². The molecule has 8 heteroatoms. The van der Waals surface area contributed by atoms with Crippen molar-refractivity contribution in [1.29, 1.82) is 0 Å². The molecule has 132 valence electrons. The maximum atomic E-state index is 14.3. The zero-order valence-corrected chi connectivity index (χ0v) is 13.4. The number of halogens is 1. The van der Waals surface area contributed by atoms with Crippen LogP contribution >= 0.6 is 0 Å². The van der Waals surface area contributed by atoms with Crippen molar-refractivity contribution in [3.63, 3.8) is 0 Å². The molecule has 4 N–H and O–H groups in total. The Balaban J connectivity index is 1.68. The Morgan fingerprint density at radius 3 is 2.76 bits per heavy atom. The molecule has 0 spiro atoms. The molecule has 1 aromatic carbocycles. The molecule has 1 aromatic heterocycles. The van der Waals surface area contributed by atoms with Gasteiger partial charge in [-0.15, -0.1) is 0 Å². The fourth-order valence-corrected chi connectivity index (χ4v) is 2.81. The first-order chi connectivity index (χ1) is 11.9. The predicted molar refractivity (Wildman–Crippen MR) is 91.0 cm³/mol. The number of aromatic nitrogens is 1. The fraction of sp³-hybridized carbons (Fsp3) is 0.294. The molecule has 0 radical (unpaired) electrons. The number of pyridine rings is 1. The van der Waals surface area contributed by atoms with Crippen molar-refractivity contribution in [2.75, 3.05) is 25.0 Å². The van der Waals surface area contributed by atoms with Gasteiger partial charge >= 0.3 is 0 Å². The molecular weight excluding hydrogens is 327 g/mol. The van der Waals surface area contributed by atoms with Crippen LogP contribution in [0.1, 0.15) is 0 Å². The van der Waals surface area contributed by atoms with Crippen molar-refractivity contribution in [1.82, 2.24) is 9.47 Å². The Morgan fingerprint density at radius 1 is 1.32 bits per heavy atom. The van der Waals surface area contributed by atoms with Crippen molar-refractivity contribution >= 4 is 11.6 Å². The van der Waals surface area contributed by atoms with Gasteiger partial charge in [0.25, 0.3) is 5.56 Å². The van der Waals surface area contributed by atoms with Gasteiger partial charge < -0.3 is 16.2 Å². The summed E-state index contributed by atoms with van der Waals surface area (Å²) < 4.78 is 15.6. The molecule has 0 unspecified atom stereocenters. The number of carbonyl (C=O) groups excluding carboxylic acids is 1. The number of hydrogen-bond donors (Lipinski definition) is 3. The van der Waals surface area contributed by atoms with Gasteiger partial charge in [-0.25, -0.2) is 4.39 Å². The summed E-state index contributed by atoms with van der Waals surface area (Å²) in [4.78, 5) is 25.5. The summed E-state index contributed by atoms with van der Waals surface area (Å²) >= 11 is 0. The van der Waals surface area contributed by atoms with Gasteiger partial charge in [-0.05, 0) is 18.2 Å². The molecule has 0 aliphatic carbocycles. The Labute approximate surface area is 143 Å². The number of rotatable bonds is 4. The van der Waals surface area contributed by atoms with E-state index >= 15 is 0 Å². The second kappa shape index (κ2) is 7.14. The lowest BCUT2D eigenvalue weighted by atomic mass is 10.2. The van der Waals surface area contributed by atoms with Crippen LogP contribution in [0, 0.1) is 5.82 Å². The Hall–Kier alpha value is -2.55. The molecule has 0 saturated carbocycles. The first kappa shape index (κ1) is 17.3. The van der Waals surface area contributed by atoms with Crippen molar-refractivity contribution < 1.29 is 14.3 Å². The van der Waals surface area contributed by atoms with Gasteiger partial charge in [-0.2, -0.15) is 0 Å². The number of nitrogens with zero attached hydrogens (tertiary/aromatic N) is 2. The van der Waals surface area contributed by atoms with E-state index in [1.807, 2.05) is 0 Å². The van der Waals surface area contributed by atoms with Gasteiger partial charge in [-0.3, -0.25) is 19.1 Å². The second-order valence-corrected chi connectivity index (χ2v) is 6.05. The van der Waals surface area contributed by atoms with Crippen LogP contribution in [-0.2, 0) is 4.79 Å². The number of likely N-dealkylation sites (tertiary alicyclic amines) is 1. The highest BCUT2D eigenvalue weighted by molar-refractivity contribution is 5.92. The van der Waals surface area contributed by atoms with E-state index in [0.717, 1.165) is 0 Å². The van der Waals surface area contributed by atoms with E-state index in [9.17, 15) is 19.1 Å². The van der Waals surface area contributed by atoms with Crippen LogP contribution in [0.5, 0.6) is 0 Å². The molecule has 7 nitrogen and oxygen atoms in total. The van der Waals surface area contributed by atoms with Gasteiger partial charge in [0.15, 0.2) is 0 Å². The van der Waals surface area contributed by atoms with Crippen molar-refractivity contribution in [2.45, 2.75) is 12.1 Å². The molecule has 1 fully saturated rings. The largest absolute Gasteiger partial charge is 0.390 e. The lowest BCUT2D eigenvalue weighted by Crippen LogP contribution is -2.34. The molecular formula is C17H19FN4O3. The van der Waals surface area contributed by atoms with Gasteiger partial charge in [0.2, 0.25) is 5.91 Å². The van der Waals surface area contributed by atoms with E-state index in [-0.39, 0.29) is 23.8 Å². The summed E-state index contributed by atoms with van der Waals surface area (Å²) in [6.07, 6.45) is 0.880. The third-order valence-corrected chi connectivity index (χ3v) is 4.10. The number of β-amino-alcohol motifs (C(OH)–C–C–N with tert-alkyl or cyclic N) is 1. The fourth-order valence-electron chi connectivity index (χ4n) is 2.81. The van der Waals surface area contributed by atoms with Crippen molar-refractivity contribution in [2.24, 2.45) is 5.73 Å². The summed E-state index contributed by atoms with van der Waals surface area (Å²) in [5.41, 5.74) is 5.82. The number of carbonyl (C=O) groups is 1. The standard InChI is InChI=1S/C17H19FN4O3/c18-12-7-11(22-6-2-1-3-17(22)25)4-5-14(12)20-16(24)10-21-8-13(19)15(23)9-21/h1-7,13,15,23H,8-10,19H2,(H,20,24)/t13-,15+/m1/s1. The summed E-state index contributed by atoms with van der Waals surface area (Å²) in [6, 6.07) is 8.42. The molecule has 2 aromatic rings. The summed E-state index contributed by atoms with van der Waals surface area (Å²) in [7, 11) is 0. The third-order valence-electron chi connectivity index (χ3n) is 4.10. The second-order valence-electron chi connectivity index (χ2n) is 6.05. The zero-order chi connectivity index (χ0) is 18.0. The van der Waals surface area contributed by atoms with Crippen LogP contribution in [0.3, 0.4) is 0 Å². The highest BCUT2D eigenvalue weighted by Gasteiger charge is 2.29. The predicted octanol–water partition coefficient (Wildman–Crippen LogP) is -0.0811. The smallest absolute Gasteiger partial charge is 0.255 e. The van der Waals surface area contributed by atoms with Crippen LogP contribution < -0.4 is 16.6 Å². The molecule has 0 bridgehead atoms. The molecule has 3 rings (SSSR count). The van der Waals surface area contributed by atoms with E-state index in [1.165, 1.54) is 29.0 Å². The number of hydrogen-bond acceptors (Lipinski definition) is 5. The molecule has 2 atom stereocenters. The average Bonchev–Trinajstić information content (AvgIpc) is 2.87. The molecule has 1 aliphatic rings. The minimum absolute atomic E-state index is 0.0180. The molecule has 1 aliphatic heterocycles. The summed E-state index contributed by atoms with van der Waals surface area (Å²) in [5.74, 6) is -1.04. The van der Waals surface area contributed by atoms with E-state index in [0.29, 0.717) is 18.8 Å². The first-order valence-electron chi connectivity index (χ1n) is 7.87. The maximum absolute atomic E-state index is 14.3. The number of amides is 1. The lowest BCUT2D eigenvalue weighted by molar-refractivity contribution is -0.117. The molecule has 2 heterocycles. The topological polar surface area (TPSA) is 101 Å². The van der Waals surface area contributed by atoms with Gasteiger partial charge in [0, 0.05) is 37.5 Å². The minimum atomic E-state index is -0.659. The SMILES string of the molecule is N[C@@H]1CN(CC(=O)Nc2ccc(-n3ccccc3=O)cc2F)C[C@@H]1O. The minimum Gasteiger partial charge on any atom is -0.390 e. The van der Waals surface area contributed by atoms with Crippen LogP contribution in [0.2, 0.25) is 0 Å². The lowest BCUT2D eigenvalue weighted by Gasteiger charge is -2.15. The normalized spacial score (nSPS) is 20.6. The van der Waals surface area contributed by atoms with Crippen molar-refractivity contribution in [3.05, 3.63) is 58.8 Å². The highest BCUT2D eigenvalue weighted by Crippen LogP contribution is 2.18. The van der Waals surface area contributed by atoms with E-state index < -0.39 is 17.8 Å². The van der Waals surface area contributed by atoms with E-state index in [2.05, 4.69) is 5.32 Å². The van der Waals surface area contributed by atoms with E-state index in [1.54, 1.807) is 23.1 Å². The Bertz CT molecular complexity index is 829. The van der Waals surface area contributed by atoms with Gasteiger partial charge in [0.1, 0.15) is 5.82 Å². The van der Waals surface area contributed by atoms with E-state index in [4.69, 9.17) is 5.73 Å². The highest BCUT2D eigenvalue weighted by atomic mass is 19.1. The number of nitrogens with two attached hydrogens (primary N) is 1. The number of anilines is 1. The molecule has 1 amide bonds.